The van der Waals surface area contributed by atoms with Gasteiger partial charge in [0.15, 0.2) is 0 Å². The van der Waals surface area contributed by atoms with E-state index in [1.807, 2.05) is 81.4 Å². The molecule has 0 atom stereocenters. The molecule has 0 unspecified atom stereocenters. The number of aromatic nitrogens is 1. The molecule has 5 heteroatoms. The van der Waals surface area contributed by atoms with Crippen molar-refractivity contribution in [3.8, 4) is 17.2 Å². The lowest BCUT2D eigenvalue weighted by Crippen LogP contribution is -2.14. The molecule has 2 aromatic carbocycles. The Morgan fingerprint density at radius 2 is 1.71 bits per heavy atom. The van der Waals surface area contributed by atoms with Gasteiger partial charge < -0.3 is 14.8 Å². The van der Waals surface area contributed by atoms with Gasteiger partial charge >= 0.3 is 0 Å². The van der Waals surface area contributed by atoms with Gasteiger partial charge in [0.25, 0.3) is 5.91 Å². The molecule has 0 spiro atoms. The number of rotatable bonds is 7. The number of hydrogen-bond donors (Lipinski definition) is 1. The van der Waals surface area contributed by atoms with Gasteiger partial charge in [0.1, 0.15) is 17.2 Å². The topological polar surface area (TPSA) is 60.5 Å². The molecule has 0 fully saturated rings. The van der Waals surface area contributed by atoms with E-state index in [1.165, 1.54) is 0 Å². The molecule has 0 radical (unpaired) electrons. The molecule has 0 aliphatic heterocycles. The molecule has 1 amide bonds. The third kappa shape index (κ3) is 4.88. The van der Waals surface area contributed by atoms with Gasteiger partial charge in [-0.1, -0.05) is 13.0 Å². The number of aryl methyl sites for hydroxylation is 2. The lowest BCUT2D eigenvalue weighted by molar-refractivity contribution is 0.102. The molecular weight excluding hydrogens is 352 g/mol. The minimum absolute atomic E-state index is 0.175. The van der Waals surface area contributed by atoms with E-state index in [1.54, 1.807) is 0 Å². The summed E-state index contributed by atoms with van der Waals surface area (Å²) in [6.07, 6.45) is 0.845. The minimum Gasteiger partial charge on any atom is -0.494 e. The highest BCUT2D eigenvalue weighted by molar-refractivity contribution is 6.05. The van der Waals surface area contributed by atoms with Crippen molar-refractivity contribution < 1.29 is 14.3 Å². The fourth-order valence-corrected chi connectivity index (χ4v) is 2.78. The summed E-state index contributed by atoms with van der Waals surface area (Å²) in [5.74, 6) is 1.96. The Morgan fingerprint density at radius 3 is 2.39 bits per heavy atom. The van der Waals surface area contributed by atoms with Gasteiger partial charge in [0, 0.05) is 17.4 Å². The number of hydrogen-bond acceptors (Lipinski definition) is 4. The first kappa shape index (κ1) is 19.4. The molecule has 0 aliphatic rings. The highest BCUT2D eigenvalue weighted by Crippen LogP contribution is 2.26. The molecule has 1 N–H and O–H groups in total. The van der Waals surface area contributed by atoms with Gasteiger partial charge in [-0.15, -0.1) is 0 Å². The minimum atomic E-state index is -0.175. The van der Waals surface area contributed by atoms with E-state index >= 15 is 0 Å². The van der Waals surface area contributed by atoms with Gasteiger partial charge in [0.05, 0.1) is 17.9 Å². The number of nitrogens with zero attached hydrogens (tertiary/aromatic N) is 1. The third-order valence-electron chi connectivity index (χ3n) is 4.21. The second-order valence-electron chi connectivity index (χ2n) is 6.28. The second-order valence-corrected chi connectivity index (χ2v) is 6.28. The van der Waals surface area contributed by atoms with E-state index in [-0.39, 0.29) is 5.91 Å². The monoisotopic (exact) mass is 376 g/mol. The maximum absolute atomic E-state index is 12.5. The zero-order chi connectivity index (χ0) is 19.9. The molecule has 5 nitrogen and oxygen atoms in total. The summed E-state index contributed by atoms with van der Waals surface area (Å²) in [7, 11) is 0. The lowest BCUT2D eigenvalue weighted by Gasteiger charge is -2.10. The fourth-order valence-electron chi connectivity index (χ4n) is 2.78. The van der Waals surface area contributed by atoms with Crippen LogP contribution >= 0.6 is 0 Å². The van der Waals surface area contributed by atoms with Crippen LogP contribution in [0.25, 0.3) is 0 Å². The van der Waals surface area contributed by atoms with Crippen LogP contribution < -0.4 is 14.8 Å². The Hall–Kier alpha value is -3.34. The summed E-state index contributed by atoms with van der Waals surface area (Å²) < 4.78 is 11.3. The number of nitrogens with one attached hydrogen (secondary N) is 1. The zero-order valence-electron chi connectivity index (χ0n) is 16.4. The molecule has 0 saturated heterocycles. The predicted molar refractivity (Wildman–Crippen MR) is 110 cm³/mol. The van der Waals surface area contributed by atoms with Crippen LogP contribution in [0, 0.1) is 6.92 Å². The van der Waals surface area contributed by atoms with Crippen molar-refractivity contribution >= 4 is 11.6 Å². The van der Waals surface area contributed by atoms with Crippen molar-refractivity contribution in [3.05, 3.63) is 77.6 Å². The maximum Gasteiger partial charge on any atom is 0.257 e. The molecule has 144 valence electrons. The molecule has 0 bridgehead atoms. The Morgan fingerprint density at radius 1 is 0.964 bits per heavy atom. The van der Waals surface area contributed by atoms with Crippen molar-refractivity contribution in [1.29, 1.82) is 0 Å². The summed E-state index contributed by atoms with van der Waals surface area (Å²) in [4.78, 5) is 17.0. The van der Waals surface area contributed by atoms with E-state index in [0.29, 0.717) is 29.4 Å². The summed E-state index contributed by atoms with van der Waals surface area (Å²) in [5.41, 5.74) is 2.97. The molecular formula is C23H24N2O3. The molecule has 0 saturated carbocycles. The first-order valence-corrected chi connectivity index (χ1v) is 9.37. The molecule has 28 heavy (non-hydrogen) atoms. The van der Waals surface area contributed by atoms with Gasteiger partial charge in [-0.25, -0.2) is 0 Å². The Bertz CT molecular complexity index is 952. The molecule has 1 aromatic heterocycles. The van der Waals surface area contributed by atoms with Crippen molar-refractivity contribution in [2.24, 2.45) is 0 Å². The van der Waals surface area contributed by atoms with Crippen LogP contribution in [0.4, 0.5) is 5.69 Å². The standard InChI is InChI=1S/C23H24N2O3/c1-4-17-11-14-22(16(3)24-17)23(26)25-18-9-12-19(13-10-18)28-21-8-6-7-20(15-21)27-5-2/h6-15H,4-5H2,1-3H3,(H,25,26). The van der Waals surface area contributed by atoms with Crippen molar-refractivity contribution in [2.45, 2.75) is 27.2 Å². The normalized spacial score (nSPS) is 10.4. The largest absolute Gasteiger partial charge is 0.494 e. The van der Waals surface area contributed by atoms with Crippen LogP contribution in [0.15, 0.2) is 60.7 Å². The number of carbonyl (C=O) groups is 1. The average molecular weight is 376 g/mol. The number of carbonyl (C=O) groups excluding carboxylic acids is 1. The highest BCUT2D eigenvalue weighted by atomic mass is 16.5. The van der Waals surface area contributed by atoms with Crippen molar-refractivity contribution in [3.63, 3.8) is 0 Å². The number of anilines is 1. The SMILES string of the molecule is CCOc1cccc(Oc2ccc(NC(=O)c3ccc(CC)nc3C)cc2)c1. The molecule has 3 rings (SSSR count). The van der Waals surface area contributed by atoms with Crippen LogP contribution in [0.1, 0.15) is 35.6 Å². The quantitative estimate of drug-likeness (QED) is 0.600. The van der Waals surface area contributed by atoms with Crippen LogP contribution in [0.5, 0.6) is 17.2 Å². The third-order valence-corrected chi connectivity index (χ3v) is 4.21. The van der Waals surface area contributed by atoms with Crippen molar-refractivity contribution in [1.82, 2.24) is 4.98 Å². The van der Waals surface area contributed by atoms with Crippen molar-refractivity contribution in [2.75, 3.05) is 11.9 Å². The van der Waals surface area contributed by atoms with Gasteiger partial charge in [-0.05, 0) is 68.8 Å². The van der Waals surface area contributed by atoms with Crippen LogP contribution in [0.3, 0.4) is 0 Å². The van der Waals surface area contributed by atoms with E-state index in [0.717, 1.165) is 23.6 Å². The number of benzene rings is 2. The Kier molecular flexibility index (Phi) is 6.27. The van der Waals surface area contributed by atoms with Gasteiger partial charge in [-0.2, -0.15) is 0 Å². The first-order chi connectivity index (χ1) is 13.6. The predicted octanol–water partition coefficient (Wildman–Crippen LogP) is 5.40. The first-order valence-electron chi connectivity index (χ1n) is 9.37. The van der Waals surface area contributed by atoms with Crippen LogP contribution in [-0.2, 0) is 6.42 Å². The van der Waals surface area contributed by atoms with E-state index in [4.69, 9.17) is 9.47 Å². The number of ether oxygens (including phenoxy) is 2. The highest BCUT2D eigenvalue weighted by Gasteiger charge is 2.11. The average Bonchev–Trinajstić information content (AvgIpc) is 2.70. The summed E-state index contributed by atoms with van der Waals surface area (Å²) >= 11 is 0. The van der Waals surface area contributed by atoms with E-state index in [2.05, 4.69) is 10.3 Å². The van der Waals surface area contributed by atoms with Crippen LogP contribution in [-0.4, -0.2) is 17.5 Å². The Balaban J connectivity index is 1.66. The lowest BCUT2D eigenvalue weighted by atomic mass is 10.1. The summed E-state index contributed by atoms with van der Waals surface area (Å²) in [6.45, 7) is 6.43. The van der Waals surface area contributed by atoms with E-state index < -0.39 is 0 Å². The van der Waals surface area contributed by atoms with E-state index in [9.17, 15) is 4.79 Å². The molecule has 3 aromatic rings. The summed E-state index contributed by atoms with van der Waals surface area (Å²) in [5, 5.41) is 2.90. The second kappa shape index (κ2) is 9.04. The maximum atomic E-state index is 12.5. The van der Waals surface area contributed by atoms with Gasteiger partial charge in [-0.3, -0.25) is 9.78 Å². The Labute approximate surface area is 165 Å². The smallest absolute Gasteiger partial charge is 0.257 e. The molecule has 0 aliphatic carbocycles. The van der Waals surface area contributed by atoms with Crippen LogP contribution in [0.2, 0.25) is 0 Å². The zero-order valence-corrected chi connectivity index (χ0v) is 16.4. The van der Waals surface area contributed by atoms with Gasteiger partial charge in [0.2, 0.25) is 0 Å². The fraction of sp³-hybridized carbons (Fsp3) is 0.217. The molecule has 1 heterocycles. The summed E-state index contributed by atoms with van der Waals surface area (Å²) in [6, 6.07) is 18.4. The number of amides is 1. The number of pyridine rings is 1.